The van der Waals surface area contributed by atoms with Crippen LogP contribution >= 0.6 is 0 Å². The standard InChI is InChI=1S/C34H42O11.C33H44O9.C31H40O11/c1-8-24-42-22-14-23-33(16-40-23,45-19(4)36)27-29(44-30(38)20-12-10-9-11-13-20)34(39)15-21(37)17(2)25(31(34,5)6)26(41-18(3)35)28(43-24)32(22,27)7;1-17-15-33(38)28(41-29(37)22-12-10-9-11-13-22)26-31(8,18(2)14-23-32(26,16-39-23)42-21(5)35)27(36)25(40-20(4)34)24(19(17)3)30(33,6)7;1-15-19(34)13-31(38)26(41-27(37)18-10-8-7-9-11-18)24-29(6,20(35)12-21-30(24,14-39-21)42-17(3)33)25(36)23(40-16(2)32)22(15)28(31,4)5/h8-13,21-24,26-29,37,39H,1,14-16H2,2-7H3;9-13,17-18,23,25-28,36,38H,14-16H2,1-8H3;7-11,19-21,23-26,34-36,38H,12-14H2,1-6H3/t21-,22-,23+,24?,26-,27-,28-,29-,32+,33-,34+;17-,18-,23+,25-,26-,27-,28-,31+,32-,33+;19-,20-,21+,23-,24-,25-,26-,29+,30-,31+/m000/s1. The van der Waals surface area contributed by atoms with Crippen LogP contribution in [0, 0.1) is 62.1 Å². The van der Waals surface area contributed by atoms with Crippen LogP contribution in [-0.4, -0.2) is 252 Å². The smallest absolute Gasteiger partial charge is 0.338 e. The van der Waals surface area contributed by atoms with E-state index >= 15 is 0 Å². The van der Waals surface area contributed by atoms with E-state index in [9.17, 15) is 84.0 Å². The van der Waals surface area contributed by atoms with Crippen LogP contribution < -0.4 is 0 Å². The minimum Gasteiger partial charge on any atom is -0.455 e. The zero-order valence-corrected chi connectivity index (χ0v) is 77.0. The highest BCUT2D eigenvalue weighted by molar-refractivity contribution is 5.91. The van der Waals surface area contributed by atoms with E-state index in [0.717, 1.165) is 5.57 Å². The molecule has 8 N–H and O–H groups in total. The average molecular weight is 1800 g/mol. The van der Waals surface area contributed by atoms with Crippen molar-refractivity contribution >= 4 is 53.7 Å². The normalized spacial score (nSPS) is 42.4. The van der Waals surface area contributed by atoms with E-state index in [2.05, 4.69) is 6.58 Å². The molecule has 31 heteroatoms. The van der Waals surface area contributed by atoms with Gasteiger partial charge in [-0.05, 0) is 116 Å². The molecule has 10 fully saturated rings. The van der Waals surface area contributed by atoms with E-state index in [1.807, 2.05) is 48.5 Å². The van der Waals surface area contributed by atoms with Crippen LogP contribution in [0.4, 0.5) is 0 Å². The number of aliphatic hydroxyl groups is 8. The van der Waals surface area contributed by atoms with E-state index < -0.39 is 242 Å². The zero-order valence-electron chi connectivity index (χ0n) is 77.0. The summed E-state index contributed by atoms with van der Waals surface area (Å²) in [5.41, 5.74) is -13.9. The highest BCUT2D eigenvalue weighted by Crippen LogP contribution is 2.71. The van der Waals surface area contributed by atoms with Crippen molar-refractivity contribution in [2.75, 3.05) is 19.8 Å². The van der Waals surface area contributed by atoms with Gasteiger partial charge in [-0.2, -0.15) is 0 Å². The van der Waals surface area contributed by atoms with Gasteiger partial charge in [0.25, 0.3) is 0 Å². The van der Waals surface area contributed by atoms with Gasteiger partial charge in [0, 0.05) is 99.7 Å². The highest BCUT2D eigenvalue weighted by atomic mass is 16.7. The Balaban J connectivity index is 0.000000156. The number of allylic oxidation sites excluding steroid dienone is 1. The maximum Gasteiger partial charge on any atom is 0.338 e. The number of fused-ring (bicyclic) bond motifs is 14. The molecule has 0 amide bonds. The number of hydrogen-bond acceptors (Lipinski definition) is 31. The van der Waals surface area contributed by atoms with Gasteiger partial charge in [-0.25, -0.2) is 14.4 Å². The summed E-state index contributed by atoms with van der Waals surface area (Å²) in [5.74, 6) is -9.47. The Morgan fingerprint density at radius 3 is 1.08 bits per heavy atom. The number of benzene rings is 3. The number of rotatable bonds is 13. The number of carbonyl (C=O) groups is 9. The molecule has 1 unspecified atom stereocenters. The van der Waals surface area contributed by atoms with Gasteiger partial charge in [-0.1, -0.05) is 143 Å². The van der Waals surface area contributed by atoms with Crippen molar-refractivity contribution in [3.05, 3.63) is 154 Å². The molecule has 704 valence electrons. The van der Waals surface area contributed by atoms with Gasteiger partial charge in [0.1, 0.15) is 71.7 Å². The summed E-state index contributed by atoms with van der Waals surface area (Å²) in [7, 11) is 0. The van der Waals surface area contributed by atoms with Crippen LogP contribution in [0.3, 0.4) is 0 Å². The number of hydrogen-bond donors (Lipinski definition) is 8. The molecule has 6 bridgehead atoms. The Hall–Kier alpha value is -8.67. The fraction of sp³-hybridized carbons (Fsp3) is 0.643. The molecule has 31 atom stereocenters. The molecule has 9 aliphatic carbocycles. The molecule has 3 aromatic rings. The summed E-state index contributed by atoms with van der Waals surface area (Å²) in [6, 6.07) is 25.1. The summed E-state index contributed by atoms with van der Waals surface area (Å²) < 4.78 is 86.0. The van der Waals surface area contributed by atoms with Crippen LogP contribution in [0.1, 0.15) is 208 Å². The van der Waals surface area contributed by atoms with Crippen LogP contribution in [0.5, 0.6) is 0 Å². The van der Waals surface area contributed by atoms with Gasteiger partial charge in [-0.15, -0.1) is 0 Å². The SMILES string of the molecule is C=CC1O[C@H]2C[C@H]3OC[C@@]3(OC(C)=O)[C@H]3[C@H](OC(=O)c4ccccc4)[C@]4(O)C[C@H](O)C(C)=C([C@H](OC(C)=O)[C@H](O1)[C@]23C)C4(C)C.CC(=O)O[C@H]1C2=C(C)[C@@H](C)C[C@@](O)([C@@H](OC(=O)c3ccccc3)[C@@H]3[C@]4(OC(C)=O)CO[C@@H]4C[C@H](C)[C@@]3(C)[C@H]1O)C2(C)C.CC(=O)O[C@H]1C2=C(C)[C@@H](O)C[C@@](O)([C@@H](OC(=O)c3ccccc3)[C@@H]3[C@]4(OC(C)=O)CO[C@@H]4C[C@H](O)[C@@]3(C)[C@H]1O)C2(C)C. The first-order chi connectivity index (χ1) is 60.1. The molecular formula is C98H126O31. The minimum atomic E-state index is -2.07. The summed E-state index contributed by atoms with van der Waals surface area (Å²) in [5, 5.41) is 98.5. The maximum atomic E-state index is 13.9. The van der Waals surface area contributed by atoms with Crippen LogP contribution in [0.15, 0.2) is 137 Å². The average Bonchev–Trinajstić information content (AvgIpc) is 0.672. The third-order valence-electron chi connectivity index (χ3n) is 32.9. The molecule has 4 aliphatic heterocycles. The Morgan fingerprint density at radius 2 is 0.721 bits per heavy atom. The largest absolute Gasteiger partial charge is 0.455 e. The predicted molar refractivity (Wildman–Crippen MR) is 455 cm³/mol. The molecule has 31 nitrogen and oxygen atoms in total. The first-order valence-corrected chi connectivity index (χ1v) is 44.5. The van der Waals surface area contributed by atoms with Gasteiger partial charge in [0.15, 0.2) is 41.4 Å². The molecule has 0 radical (unpaired) electrons. The topological polar surface area (TPSA) is 445 Å². The fourth-order valence-electron chi connectivity index (χ4n) is 25.8. The van der Waals surface area contributed by atoms with Gasteiger partial charge in [0.2, 0.25) is 0 Å². The van der Waals surface area contributed by atoms with E-state index in [0.29, 0.717) is 34.3 Å². The van der Waals surface area contributed by atoms with Crippen LogP contribution in [0.25, 0.3) is 0 Å². The van der Waals surface area contributed by atoms with Crippen molar-refractivity contribution < 1.29 is 150 Å². The maximum absolute atomic E-state index is 13.9. The highest BCUT2D eigenvalue weighted by Gasteiger charge is 2.83. The number of esters is 9. The molecule has 16 rings (SSSR count). The lowest BCUT2D eigenvalue weighted by Gasteiger charge is -2.71. The fourth-order valence-corrected chi connectivity index (χ4v) is 25.8. The number of carbonyl (C=O) groups excluding carboxylic acids is 9. The summed E-state index contributed by atoms with van der Waals surface area (Å²) in [6.45, 7) is 36.4. The quantitative estimate of drug-likeness (QED) is 0.0451. The third-order valence-corrected chi connectivity index (χ3v) is 32.9. The predicted octanol–water partition coefficient (Wildman–Crippen LogP) is 8.46. The van der Waals surface area contributed by atoms with E-state index in [1.165, 1.54) is 47.6 Å². The Bertz CT molecular complexity index is 4820. The molecule has 13 aliphatic rings. The van der Waals surface area contributed by atoms with E-state index in [1.54, 1.807) is 139 Å². The first-order valence-electron chi connectivity index (χ1n) is 44.5. The number of aliphatic hydroxyl groups excluding tert-OH is 5. The van der Waals surface area contributed by atoms with Crippen LogP contribution in [0.2, 0.25) is 0 Å². The molecule has 0 aromatic heterocycles. The van der Waals surface area contributed by atoms with Gasteiger partial charge >= 0.3 is 53.7 Å². The van der Waals surface area contributed by atoms with Crippen molar-refractivity contribution in [3.8, 4) is 0 Å². The first kappa shape index (κ1) is 96.4. The lowest BCUT2D eigenvalue weighted by molar-refractivity contribution is -0.405. The lowest BCUT2D eigenvalue weighted by Crippen LogP contribution is -2.83. The second-order valence-corrected chi connectivity index (χ2v) is 40.5. The van der Waals surface area contributed by atoms with Crippen LogP contribution in [-0.2, 0) is 95.1 Å². The molecule has 129 heavy (non-hydrogen) atoms. The van der Waals surface area contributed by atoms with E-state index in [4.69, 9.17) is 66.3 Å². The molecule has 4 heterocycles. The van der Waals surface area contributed by atoms with Gasteiger partial charge < -0.3 is 107 Å². The van der Waals surface area contributed by atoms with Crippen molar-refractivity contribution in [2.45, 2.75) is 315 Å². The van der Waals surface area contributed by atoms with Gasteiger partial charge in [0.05, 0.1) is 78.7 Å². The van der Waals surface area contributed by atoms with Crippen molar-refractivity contribution in [3.63, 3.8) is 0 Å². The summed E-state index contributed by atoms with van der Waals surface area (Å²) >= 11 is 0. The summed E-state index contributed by atoms with van der Waals surface area (Å²) in [4.78, 5) is 117. The van der Waals surface area contributed by atoms with Gasteiger partial charge in [-0.3, -0.25) is 28.8 Å². The zero-order chi connectivity index (χ0) is 94.7. The van der Waals surface area contributed by atoms with Crippen molar-refractivity contribution in [2.24, 2.45) is 62.1 Å². The molecule has 3 aromatic carbocycles. The molecule has 6 saturated carbocycles. The Labute approximate surface area is 750 Å². The minimum absolute atomic E-state index is 0.0162. The Kier molecular flexibility index (Phi) is 25.3. The molecule has 4 saturated heterocycles. The van der Waals surface area contributed by atoms with Crippen molar-refractivity contribution in [1.29, 1.82) is 0 Å². The second kappa shape index (κ2) is 33.8. The monoisotopic (exact) mass is 1800 g/mol. The molecule has 0 spiro atoms. The lowest BCUT2D eigenvalue weighted by atomic mass is 9.42. The third kappa shape index (κ3) is 14.7. The Morgan fingerprint density at radius 1 is 0.395 bits per heavy atom. The number of ether oxygens (including phenoxy) is 14. The van der Waals surface area contributed by atoms with Crippen molar-refractivity contribution in [1.82, 2.24) is 0 Å². The van der Waals surface area contributed by atoms with E-state index in [-0.39, 0.29) is 80.5 Å². The second-order valence-electron chi connectivity index (χ2n) is 40.5. The summed E-state index contributed by atoms with van der Waals surface area (Å²) in [6.07, 6.45) is -17.2. The molecular weight excluding hydrogens is 1670 g/mol.